The van der Waals surface area contributed by atoms with E-state index in [9.17, 15) is 23.2 Å². The van der Waals surface area contributed by atoms with Crippen molar-refractivity contribution in [1.29, 1.82) is 0 Å². The van der Waals surface area contributed by atoms with Crippen LogP contribution in [-0.4, -0.2) is 33.6 Å². The normalized spacial score (nSPS) is 10.7. The third kappa shape index (κ3) is 3.48. The average Bonchev–Trinajstić information content (AvgIpc) is 2.87. The standard InChI is InChI=1S/C15H14BrF2N3O4/c1-25-13(22)12-11(8-3-4-9(17)10(18)7-8)20(6-2-5-16)15(24)21(12)14(19)23/h3-4,7H,2,5-6H2,1H3,(H2,19,23). The molecule has 1 amide bonds. The van der Waals surface area contributed by atoms with E-state index in [1.807, 2.05) is 0 Å². The molecule has 0 saturated carbocycles. The van der Waals surface area contributed by atoms with E-state index in [4.69, 9.17) is 5.73 Å². The molecule has 0 saturated heterocycles. The average molecular weight is 418 g/mol. The highest BCUT2D eigenvalue weighted by atomic mass is 79.9. The Hall–Kier alpha value is -2.49. The SMILES string of the molecule is COC(=O)c1c(-c2ccc(F)c(F)c2)n(CCCBr)c(=O)n1C(N)=O. The van der Waals surface area contributed by atoms with Gasteiger partial charge in [0.15, 0.2) is 17.3 Å². The Morgan fingerprint density at radius 3 is 2.48 bits per heavy atom. The minimum atomic E-state index is -1.19. The fourth-order valence-corrected chi connectivity index (χ4v) is 2.65. The van der Waals surface area contributed by atoms with E-state index < -0.39 is 35.0 Å². The van der Waals surface area contributed by atoms with E-state index in [1.54, 1.807) is 0 Å². The fraction of sp³-hybridized carbons (Fsp3) is 0.267. The van der Waals surface area contributed by atoms with Gasteiger partial charge in [-0.2, -0.15) is 0 Å². The summed E-state index contributed by atoms with van der Waals surface area (Å²) in [5.41, 5.74) is 3.86. The minimum Gasteiger partial charge on any atom is -0.464 e. The number of primary amides is 1. The number of ether oxygens (including phenoxy) is 1. The maximum Gasteiger partial charge on any atom is 0.357 e. The second-order valence-corrected chi connectivity index (χ2v) is 5.76. The largest absolute Gasteiger partial charge is 0.464 e. The number of nitrogens with two attached hydrogens (primary N) is 1. The summed E-state index contributed by atoms with van der Waals surface area (Å²) in [4.78, 5) is 36.4. The molecule has 2 rings (SSSR count). The first kappa shape index (κ1) is 18.8. The Morgan fingerprint density at radius 1 is 1.28 bits per heavy atom. The van der Waals surface area contributed by atoms with Crippen LogP contribution in [0.15, 0.2) is 23.0 Å². The van der Waals surface area contributed by atoms with Crippen molar-refractivity contribution in [2.45, 2.75) is 13.0 Å². The number of amides is 1. The fourth-order valence-electron chi connectivity index (χ4n) is 2.40. The first-order valence-electron chi connectivity index (χ1n) is 7.08. The molecule has 0 unspecified atom stereocenters. The quantitative estimate of drug-likeness (QED) is 0.594. The van der Waals surface area contributed by atoms with Gasteiger partial charge in [-0.3, -0.25) is 4.57 Å². The van der Waals surface area contributed by atoms with Crippen LogP contribution in [0.2, 0.25) is 0 Å². The van der Waals surface area contributed by atoms with Crippen LogP contribution in [0.4, 0.5) is 13.6 Å². The molecule has 0 bridgehead atoms. The molecule has 0 aliphatic carbocycles. The topological polar surface area (TPSA) is 96.3 Å². The predicted molar refractivity (Wildman–Crippen MR) is 88.8 cm³/mol. The number of carbonyl (C=O) groups is 2. The number of hydrogen-bond acceptors (Lipinski definition) is 4. The Morgan fingerprint density at radius 2 is 1.96 bits per heavy atom. The lowest BCUT2D eigenvalue weighted by molar-refractivity contribution is 0.0591. The van der Waals surface area contributed by atoms with Gasteiger partial charge in [0.25, 0.3) is 0 Å². The molecule has 7 nitrogen and oxygen atoms in total. The van der Waals surface area contributed by atoms with Gasteiger partial charge in [-0.1, -0.05) is 15.9 Å². The minimum absolute atomic E-state index is 0.0333. The van der Waals surface area contributed by atoms with Gasteiger partial charge in [0.1, 0.15) is 0 Å². The van der Waals surface area contributed by atoms with Gasteiger partial charge in [0.2, 0.25) is 0 Å². The highest BCUT2D eigenvalue weighted by Crippen LogP contribution is 2.26. The van der Waals surface area contributed by atoms with Gasteiger partial charge in [-0.25, -0.2) is 27.7 Å². The number of benzene rings is 1. The summed E-state index contributed by atoms with van der Waals surface area (Å²) in [5, 5.41) is 0.534. The number of halogens is 3. The van der Waals surface area contributed by atoms with Gasteiger partial charge in [0, 0.05) is 17.4 Å². The summed E-state index contributed by atoms with van der Waals surface area (Å²) < 4.78 is 33.1. The summed E-state index contributed by atoms with van der Waals surface area (Å²) in [5.74, 6) is -3.26. The Kier molecular flexibility index (Phi) is 5.73. The van der Waals surface area contributed by atoms with Crippen LogP contribution in [0.25, 0.3) is 11.3 Å². The van der Waals surface area contributed by atoms with Crippen LogP contribution in [0.1, 0.15) is 16.9 Å². The number of methoxy groups -OCH3 is 1. The van der Waals surface area contributed by atoms with Crippen LogP contribution in [-0.2, 0) is 11.3 Å². The summed E-state index contributed by atoms with van der Waals surface area (Å²) in [7, 11) is 1.06. The zero-order chi connectivity index (χ0) is 18.7. The third-order valence-corrected chi connectivity index (χ3v) is 4.01. The summed E-state index contributed by atoms with van der Waals surface area (Å²) in [6.45, 7) is 0.114. The first-order valence-corrected chi connectivity index (χ1v) is 8.20. The smallest absolute Gasteiger partial charge is 0.357 e. The lowest BCUT2D eigenvalue weighted by Gasteiger charge is -2.09. The van der Waals surface area contributed by atoms with Crippen LogP contribution in [0.5, 0.6) is 0 Å². The molecule has 10 heteroatoms. The molecule has 0 radical (unpaired) electrons. The molecule has 0 spiro atoms. The molecule has 134 valence electrons. The van der Waals surface area contributed by atoms with Crippen molar-refractivity contribution in [2.24, 2.45) is 5.73 Å². The summed E-state index contributed by atoms with van der Waals surface area (Å²) in [6.07, 6.45) is 0.472. The van der Waals surface area contributed by atoms with E-state index >= 15 is 0 Å². The molecule has 1 heterocycles. The number of imidazole rings is 1. The zero-order valence-corrected chi connectivity index (χ0v) is 14.7. The van der Waals surface area contributed by atoms with Gasteiger partial charge in [0.05, 0.1) is 12.8 Å². The molecular formula is C15H14BrF2N3O4. The van der Waals surface area contributed by atoms with Crippen LogP contribution in [0.3, 0.4) is 0 Å². The van der Waals surface area contributed by atoms with Gasteiger partial charge in [-0.15, -0.1) is 0 Å². The lowest BCUT2D eigenvalue weighted by atomic mass is 10.1. The molecule has 1 aromatic heterocycles. The maximum absolute atomic E-state index is 13.6. The monoisotopic (exact) mass is 417 g/mol. The van der Waals surface area contributed by atoms with Crippen LogP contribution >= 0.6 is 15.9 Å². The van der Waals surface area contributed by atoms with Crippen molar-refractivity contribution in [3.8, 4) is 11.3 Å². The summed E-state index contributed by atoms with van der Waals surface area (Å²) >= 11 is 3.22. The highest BCUT2D eigenvalue weighted by molar-refractivity contribution is 9.09. The Balaban J connectivity index is 2.88. The highest BCUT2D eigenvalue weighted by Gasteiger charge is 2.29. The molecule has 0 aliphatic rings. The second-order valence-electron chi connectivity index (χ2n) is 4.97. The lowest BCUT2D eigenvalue weighted by Crippen LogP contribution is -2.35. The van der Waals surface area contributed by atoms with E-state index in [2.05, 4.69) is 20.7 Å². The second kappa shape index (κ2) is 7.60. The van der Waals surface area contributed by atoms with Gasteiger partial charge < -0.3 is 10.5 Å². The van der Waals surface area contributed by atoms with Crippen molar-refractivity contribution in [2.75, 3.05) is 12.4 Å². The van der Waals surface area contributed by atoms with Crippen molar-refractivity contribution in [3.63, 3.8) is 0 Å². The maximum atomic E-state index is 13.6. The number of aromatic nitrogens is 2. The molecule has 2 N–H and O–H groups in total. The Labute approximate surface area is 149 Å². The Bertz CT molecular complexity index is 892. The zero-order valence-electron chi connectivity index (χ0n) is 13.1. The first-order chi connectivity index (χ1) is 11.8. The summed E-state index contributed by atoms with van der Waals surface area (Å²) in [6, 6.07) is 1.68. The van der Waals surface area contributed by atoms with E-state index in [0.717, 1.165) is 23.8 Å². The van der Waals surface area contributed by atoms with Gasteiger partial charge in [-0.05, 0) is 24.6 Å². The molecule has 0 fully saturated rings. The van der Waals surface area contributed by atoms with Crippen molar-refractivity contribution >= 4 is 27.9 Å². The number of alkyl halides is 1. The van der Waals surface area contributed by atoms with E-state index in [1.165, 1.54) is 6.07 Å². The van der Waals surface area contributed by atoms with Crippen LogP contribution < -0.4 is 11.4 Å². The number of esters is 1. The van der Waals surface area contributed by atoms with Crippen LogP contribution in [0, 0.1) is 11.6 Å². The number of carbonyl (C=O) groups excluding carboxylic acids is 2. The van der Waals surface area contributed by atoms with Crippen molar-refractivity contribution in [1.82, 2.24) is 9.13 Å². The van der Waals surface area contributed by atoms with Crippen molar-refractivity contribution < 1.29 is 23.1 Å². The molecule has 0 atom stereocenters. The van der Waals surface area contributed by atoms with Gasteiger partial charge >= 0.3 is 17.7 Å². The molecule has 2 aromatic rings. The van der Waals surface area contributed by atoms with E-state index in [-0.39, 0.29) is 17.8 Å². The van der Waals surface area contributed by atoms with E-state index in [0.29, 0.717) is 16.3 Å². The molecule has 0 aliphatic heterocycles. The molecular weight excluding hydrogens is 404 g/mol. The molecule has 25 heavy (non-hydrogen) atoms. The predicted octanol–water partition coefficient (Wildman–Crippen LogP) is 2.09. The van der Waals surface area contributed by atoms with Crippen molar-refractivity contribution in [3.05, 3.63) is 46.0 Å². The number of rotatable bonds is 5. The third-order valence-electron chi connectivity index (χ3n) is 3.45. The number of nitrogens with zero attached hydrogens (tertiary/aromatic N) is 2. The number of hydrogen-bond donors (Lipinski definition) is 1. The molecule has 1 aromatic carbocycles.